The van der Waals surface area contributed by atoms with E-state index >= 15 is 0 Å². The van der Waals surface area contributed by atoms with Gasteiger partial charge in [-0.3, -0.25) is 9.69 Å². The van der Waals surface area contributed by atoms with Gasteiger partial charge in [-0.25, -0.2) is 4.39 Å². The molecular weight excluding hydrogens is 345 g/mol. The number of carbonyl (C=O) groups excluding carboxylic acids is 1. The number of piperazine rings is 1. The average Bonchev–Trinajstić information content (AvgIpc) is 2.99. The van der Waals surface area contributed by atoms with Gasteiger partial charge in [-0.2, -0.15) is 0 Å². The minimum atomic E-state index is -0.293. The number of hydrogen-bond acceptors (Lipinski definition) is 4. The largest absolute Gasteiger partial charge is 0.361 e. The highest BCUT2D eigenvalue weighted by atomic mass is 35.5. The van der Waals surface area contributed by atoms with Crippen LogP contribution >= 0.6 is 11.6 Å². The van der Waals surface area contributed by atoms with Crippen molar-refractivity contribution in [1.29, 1.82) is 0 Å². The maximum absolute atomic E-state index is 13.9. The number of amides is 1. The maximum Gasteiger partial charge on any atom is 0.259 e. The molecule has 1 saturated heterocycles. The first-order chi connectivity index (χ1) is 12.0. The summed E-state index contributed by atoms with van der Waals surface area (Å²) in [6.07, 6.45) is 0.657. The molecule has 0 spiro atoms. The van der Waals surface area contributed by atoms with Crippen molar-refractivity contribution in [3.05, 3.63) is 51.6 Å². The van der Waals surface area contributed by atoms with Crippen LogP contribution in [-0.4, -0.2) is 47.0 Å². The Bertz CT molecular complexity index is 749. The van der Waals surface area contributed by atoms with E-state index in [1.807, 2.05) is 6.92 Å². The van der Waals surface area contributed by atoms with Gasteiger partial charge in [0.15, 0.2) is 0 Å². The Balaban J connectivity index is 1.64. The summed E-state index contributed by atoms with van der Waals surface area (Å²) in [5.74, 6) is 0.222. The van der Waals surface area contributed by atoms with Crippen LogP contribution in [0.3, 0.4) is 0 Å². The quantitative estimate of drug-likeness (QED) is 0.834. The van der Waals surface area contributed by atoms with Crippen LogP contribution in [0.25, 0.3) is 0 Å². The zero-order valence-corrected chi connectivity index (χ0v) is 15.1. The average molecular weight is 366 g/mol. The van der Waals surface area contributed by atoms with Crippen LogP contribution in [0, 0.1) is 12.7 Å². The Morgan fingerprint density at radius 1 is 1.32 bits per heavy atom. The second-order valence-electron chi connectivity index (χ2n) is 6.18. The fraction of sp³-hybridized carbons (Fsp3) is 0.444. The van der Waals surface area contributed by atoms with Crippen molar-refractivity contribution in [2.24, 2.45) is 0 Å². The zero-order chi connectivity index (χ0) is 18.0. The first kappa shape index (κ1) is 17.9. The summed E-state index contributed by atoms with van der Waals surface area (Å²) in [6.45, 7) is 6.65. The number of benzene rings is 1. The maximum atomic E-state index is 13.9. The molecule has 1 aromatic carbocycles. The second kappa shape index (κ2) is 7.54. The summed E-state index contributed by atoms with van der Waals surface area (Å²) in [7, 11) is 0. The fourth-order valence-corrected chi connectivity index (χ4v) is 3.33. The third-order valence-electron chi connectivity index (χ3n) is 4.59. The van der Waals surface area contributed by atoms with Crippen LogP contribution in [0.15, 0.2) is 22.7 Å². The summed E-state index contributed by atoms with van der Waals surface area (Å²) in [4.78, 5) is 16.7. The number of hydrogen-bond donors (Lipinski definition) is 0. The van der Waals surface area contributed by atoms with Gasteiger partial charge in [0.25, 0.3) is 5.91 Å². The highest BCUT2D eigenvalue weighted by molar-refractivity contribution is 6.31. The number of aryl methyl sites for hydroxylation is 2. The van der Waals surface area contributed by atoms with Gasteiger partial charge in [0, 0.05) is 43.3 Å². The van der Waals surface area contributed by atoms with Gasteiger partial charge in [-0.15, -0.1) is 0 Å². The molecule has 1 aliphatic heterocycles. The van der Waals surface area contributed by atoms with E-state index in [9.17, 15) is 9.18 Å². The molecule has 1 aliphatic rings. The molecule has 0 unspecified atom stereocenters. The highest BCUT2D eigenvalue weighted by Gasteiger charge is 2.27. The second-order valence-corrected chi connectivity index (χ2v) is 6.59. The van der Waals surface area contributed by atoms with Crippen LogP contribution in [0.2, 0.25) is 5.02 Å². The number of rotatable bonds is 4. The van der Waals surface area contributed by atoms with Crippen molar-refractivity contribution in [3.8, 4) is 0 Å². The van der Waals surface area contributed by atoms with Gasteiger partial charge in [-0.05, 0) is 25.5 Å². The SMILES string of the molecule is CCc1noc(C)c1C(=O)N1CCN(Cc2c(F)cccc2Cl)CC1. The lowest BCUT2D eigenvalue weighted by Gasteiger charge is -2.35. The Kier molecular flexibility index (Phi) is 5.39. The van der Waals surface area contributed by atoms with E-state index in [-0.39, 0.29) is 11.7 Å². The summed E-state index contributed by atoms with van der Waals surface area (Å²) in [6, 6.07) is 4.72. The van der Waals surface area contributed by atoms with Crippen LogP contribution < -0.4 is 0 Å². The van der Waals surface area contributed by atoms with Crippen molar-refractivity contribution in [1.82, 2.24) is 15.0 Å². The number of nitrogens with zero attached hydrogens (tertiary/aromatic N) is 3. The Hall–Kier alpha value is -1.92. The van der Waals surface area contributed by atoms with Crippen LogP contribution in [0.4, 0.5) is 4.39 Å². The summed E-state index contributed by atoms with van der Waals surface area (Å²) >= 11 is 6.10. The Labute approximate surface area is 151 Å². The molecular formula is C18H21ClFN3O2. The van der Waals surface area contributed by atoms with Crippen LogP contribution in [0.1, 0.15) is 34.3 Å². The standard InChI is InChI=1S/C18H21ClFN3O2/c1-3-16-17(12(2)25-21-16)18(24)23-9-7-22(8-10-23)11-13-14(19)5-4-6-15(13)20/h4-6H,3,7-11H2,1-2H3. The topological polar surface area (TPSA) is 49.6 Å². The molecule has 25 heavy (non-hydrogen) atoms. The molecule has 134 valence electrons. The van der Waals surface area contributed by atoms with Gasteiger partial charge < -0.3 is 9.42 Å². The van der Waals surface area contributed by atoms with Gasteiger partial charge in [0.1, 0.15) is 17.1 Å². The van der Waals surface area contributed by atoms with E-state index in [0.717, 1.165) is 0 Å². The third-order valence-corrected chi connectivity index (χ3v) is 4.94. The Morgan fingerprint density at radius 3 is 2.68 bits per heavy atom. The number of halogens is 2. The molecule has 1 amide bonds. The van der Waals surface area contributed by atoms with Crippen molar-refractivity contribution in [2.45, 2.75) is 26.8 Å². The molecule has 0 aliphatic carbocycles. The molecule has 0 bridgehead atoms. The lowest BCUT2D eigenvalue weighted by molar-refractivity contribution is 0.0624. The molecule has 2 heterocycles. The molecule has 7 heteroatoms. The summed E-state index contributed by atoms with van der Waals surface area (Å²) < 4.78 is 19.1. The molecule has 1 aromatic heterocycles. The first-order valence-corrected chi connectivity index (χ1v) is 8.78. The Morgan fingerprint density at radius 2 is 2.04 bits per heavy atom. The monoisotopic (exact) mass is 365 g/mol. The zero-order valence-electron chi connectivity index (χ0n) is 14.4. The molecule has 3 rings (SSSR count). The number of carbonyl (C=O) groups is 1. The molecule has 0 saturated carbocycles. The van der Waals surface area contributed by atoms with Crippen molar-refractivity contribution in [3.63, 3.8) is 0 Å². The van der Waals surface area contributed by atoms with Gasteiger partial charge >= 0.3 is 0 Å². The van der Waals surface area contributed by atoms with Crippen molar-refractivity contribution >= 4 is 17.5 Å². The predicted octanol–water partition coefficient (Wildman–Crippen LogP) is 3.30. The minimum absolute atomic E-state index is 0.0424. The lowest BCUT2D eigenvalue weighted by atomic mass is 10.1. The third kappa shape index (κ3) is 3.70. The lowest BCUT2D eigenvalue weighted by Crippen LogP contribution is -2.48. The molecule has 0 N–H and O–H groups in total. The van der Waals surface area contributed by atoms with Gasteiger partial charge in [-0.1, -0.05) is 29.7 Å². The summed E-state index contributed by atoms with van der Waals surface area (Å²) in [5.41, 5.74) is 1.78. The van der Waals surface area contributed by atoms with Gasteiger partial charge in [0.2, 0.25) is 0 Å². The minimum Gasteiger partial charge on any atom is -0.361 e. The molecule has 2 aromatic rings. The van der Waals surface area contributed by atoms with E-state index in [4.69, 9.17) is 16.1 Å². The van der Waals surface area contributed by atoms with E-state index in [2.05, 4.69) is 10.1 Å². The molecule has 1 fully saturated rings. The molecule has 0 atom stereocenters. The van der Waals surface area contributed by atoms with Crippen LogP contribution in [-0.2, 0) is 13.0 Å². The van der Waals surface area contributed by atoms with E-state index in [1.54, 1.807) is 24.0 Å². The van der Waals surface area contributed by atoms with Crippen LogP contribution in [0.5, 0.6) is 0 Å². The number of aromatic nitrogens is 1. The summed E-state index contributed by atoms with van der Waals surface area (Å²) in [5, 5.41) is 4.39. The molecule has 0 radical (unpaired) electrons. The van der Waals surface area contributed by atoms with E-state index in [1.165, 1.54) is 6.07 Å². The van der Waals surface area contributed by atoms with E-state index in [0.29, 0.717) is 66.7 Å². The van der Waals surface area contributed by atoms with Crippen molar-refractivity contribution in [2.75, 3.05) is 26.2 Å². The predicted molar refractivity (Wildman–Crippen MR) is 93.2 cm³/mol. The van der Waals surface area contributed by atoms with Gasteiger partial charge in [0.05, 0.1) is 5.69 Å². The highest BCUT2D eigenvalue weighted by Crippen LogP contribution is 2.22. The smallest absolute Gasteiger partial charge is 0.259 e. The van der Waals surface area contributed by atoms with Crippen molar-refractivity contribution < 1.29 is 13.7 Å². The molecule has 5 nitrogen and oxygen atoms in total. The first-order valence-electron chi connectivity index (χ1n) is 8.41. The fourth-order valence-electron chi connectivity index (χ4n) is 3.11. The van der Waals surface area contributed by atoms with E-state index < -0.39 is 0 Å². The normalized spacial score (nSPS) is 15.6.